The minimum atomic E-state index is -0.556. The molecule has 1 aliphatic heterocycles. The molecule has 2 rings (SSSR count). The summed E-state index contributed by atoms with van der Waals surface area (Å²) in [6.45, 7) is 1.40. The molecule has 0 spiro atoms. The first-order valence-corrected chi connectivity index (χ1v) is 5.24. The third kappa shape index (κ3) is 2.27. The van der Waals surface area contributed by atoms with Crippen molar-refractivity contribution in [3.63, 3.8) is 0 Å². The van der Waals surface area contributed by atoms with Gasteiger partial charge in [0.1, 0.15) is 0 Å². The monoisotopic (exact) mass is 208 g/mol. The molecule has 0 aromatic carbocycles. The van der Waals surface area contributed by atoms with Crippen molar-refractivity contribution in [3.8, 4) is 0 Å². The Kier molecular flexibility index (Phi) is 3.18. The molecule has 4 heteroatoms. The van der Waals surface area contributed by atoms with E-state index in [1.54, 1.807) is 18.5 Å². The zero-order valence-electron chi connectivity index (χ0n) is 8.60. The summed E-state index contributed by atoms with van der Waals surface area (Å²) >= 11 is 0. The highest BCUT2D eigenvalue weighted by Crippen LogP contribution is 2.30. The molecule has 0 radical (unpaired) electrons. The topological polar surface area (TPSA) is 68.4 Å². The minimum absolute atomic E-state index is 0.144. The lowest BCUT2D eigenvalue weighted by Crippen LogP contribution is -2.24. The minimum Gasteiger partial charge on any atom is -0.398 e. The van der Waals surface area contributed by atoms with Crippen LogP contribution < -0.4 is 5.73 Å². The Morgan fingerprint density at radius 3 is 3.13 bits per heavy atom. The Balaban J connectivity index is 2.12. The fourth-order valence-electron chi connectivity index (χ4n) is 1.93. The normalized spacial score (nSPS) is 23.7. The molecule has 15 heavy (non-hydrogen) atoms. The molecule has 0 amide bonds. The van der Waals surface area contributed by atoms with E-state index >= 15 is 0 Å². The summed E-state index contributed by atoms with van der Waals surface area (Å²) in [7, 11) is 0. The first-order chi connectivity index (χ1) is 7.29. The van der Waals surface area contributed by atoms with Crippen LogP contribution in [0.1, 0.15) is 24.5 Å². The summed E-state index contributed by atoms with van der Waals surface area (Å²) < 4.78 is 5.34. The second-order valence-corrected chi connectivity index (χ2v) is 3.93. The van der Waals surface area contributed by atoms with Crippen molar-refractivity contribution in [1.29, 1.82) is 0 Å². The van der Waals surface area contributed by atoms with E-state index in [9.17, 15) is 5.11 Å². The Morgan fingerprint density at radius 2 is 2.47 bits per heavy atom. The molecule has 0 bridgehead atoms. The summed E-state index contributed by atoms with van der Waals surface area (Å²) in [6.07, 6.45) is 4.69. The lowest BCUT2D eigenvalue weighted by Gasteiger charge is -2.27. The van der Waals surface area contributed by atoms with E-state index in [1.165, 1.54) is 0 Å². The smallest absolute Gasteiger partial charge is 0.0875 e. The van der Waals surface area contributed by atoms with E-state index in [0.717, 1.165) is 19.4 Å². The molecule has 1 aromatic heterocycles. The molecule has 82 valence electrons. The zero-order valence-corrected chi connectivity index (χ0v) is 8.60. The number of hydrogen-bond acceptors (Lipinski definition) is 4. The molecule has 2 heterocycles. The van der Waals surface area contributed by atoms with Gasteiger partial charge in [0.05, 0.1) is 12.7 Å². The highest BCUT2D eigenvalue weighted by Gasteiger charge is 2.25. The highest BCUT2D eigenvalue weighted by atomic mass is 16.5. The number of ether oxygens (including phenoxy) is 1. The van der Waals surface area contributed by atoms with Crippen molar-refractivity contribution < 1.29 is 9.84 Å². The SMILES string of the molecule is Nc1ccncc1C(O)C1CCCOC1. The number of aromatic nitrogens is 1. The summed E-state index contributed by atoms with van der Waals surface area (Å²) in [5.41, 5.74) is 7.10. The van der Waals surface area contributed by atoms with Gasteiger partial charge in [0.25, 0.3) is 0 Å². The van der Waals surface area contributed by atoms with Crippen molar-refractivity contribution >= 4 is 5.69 Å². The number of nitrogen functional groups attached to an aromatic ring is 1. The predicted molar refractivity (Wildman–Crippen MR) is 57.2 cm³/mol. The van der Waals surface area contributed by atoms with Crippen LogP contribution in [0.4, 0.5) is 5.69 Å². The molecule has 2 atom stereocenters. The first-order valence-electron chi connectivity index (χ1n) is 5.24. The maximum atomic E-state index is 10.1. The molecule has 1 saturated heterocycles. The summed E-state index contributed by atoms with van der Waals surface area (Å²) in [4.78, 5) is 3.98. The van der Waals surface area contributed by atoms with Crippen LogP contribution in [0, 0.1) is 5.92 Å². The van der Waals surface area contributed by atoms with Gasteiger partial charge in [0.15, 0.2) is 0 Å². The quantitative estimate of drug-likeness (QED) is 0.764. The lowest BCUT2D eigenvalue weighted by molar-refractivity contribution is -0.00979. The summed E-state index contributed by atoms with van der Waals surface area (Å²) in [5, 5.41) is 10.1. The van der Waals surface area contributed by atoms with Crippen molar-refractivity contribution in [1.82, 2.24) is 4.98 Å². The maximum Gasteiger partial charge on any atom is 0.0875 e. The zero-order chi connectivity index (χ0) is 10.7. The van der Waals surface area contributed by atoms with Crippen LogP contribution in [0.5, 0.6) is 0 Å². The molecule has 0 saturated carbocycles. The van der Waals surface area contributed by atoms with Crippen LogP contribution in [0.15, 0.2) is 18.5 Å². The van der Waals surface area contributed by atoms with Gasteiger partial charge in [0, 0.05) is 36.2 Å². The van der Waals surface area contributed by atoms with Crippen molar-refractivity contribution in [3.05, 3.63) is 24.0 Å². The van der Waals surface area contributed by atoms with Gasteiger partial charge in [0.2, 0.25) is 0 Å². The van der Waals surface area contributed by atoms with Crippen molar-refractivity contribution in [2.75, 3.05) is 18.9 Å². The number of aliphatic hydroxyl groups is 1. The molecule has 1 fully saturated rings. The number of anilines is 1. The number of pyridine rings is 1. The third-order valence-corrected chi connectivity index (χ3v) is 2.85. The van der Waals surface area contributed by atoms with E-state index in [0.29, 0.717) is 17.9 Å². The third-order valence-electron chi connectivity index (χ3n) is 2.85. The van der Waals surface area contributed by atoms with Gasteiger partial charge in [-0.15, -0.1) is 0 Å². The Bertz CT molecular complexity index is 324. The average Bonchev–Trinajstić information content (AvgIpc) is 2.30. The molecule has 0 aliphatic carbocycles. The molecular formula is C11H16N2O2. The van der Waals surface area contributed by atoms with Gasteiger partial charge < -0.3 is 15.6 Å². The highest BCUT2D eigenvalue weighted by molar-refractivity contribution is 5.45. The maximum absolute atomic E-state index is 10.1. The van der Waals surface area contributed by atoms with Gasteiger partial charge in [-0.1, -0.05) is 0 Å². The van der Waals surface area contributed by atoms with Crippen molar-refractivity contribution in [2.45, 2.75) is 18.9 Å². The largest absolute Gasteiger partial charge is 0.398 e. The standard InChI is InChI=1S/C11H16N2O2/c12-10-3-4-13-6-9(10)11(14)8-2-1-5-15-7-8/h3-4,6,8,11,14H,1-2,5,7H2,(H2,12,13). The van der Waals surface area contributed by atoms with Gasteiger partial charge in [-0.3, -0.25) is 4.98 Å². The van der Waals surface area contributed by atoms with Gasteiger partial charge in [-0.05, 0) is 18.9 Å². The first kappa shape index (κ1) is 10.4. The molecule has 1 aromatic rings. The molecule has 2 unspecified atom stereocenters. The molecule has 3 N–H and O–H groups in total. The van der Waals surface area contributed by atoms with Gasteiger partial charge in [-0.2, -0.15) is 0 Å². The number of aliphatic hydroxyl groups excluding tert-OH is 1. The Labute approximate surface area is 89.1 Å². The molecule has 1 aliphatic rings. The fraction of sp³-hybridized carbons (Fsp3) is 0.545. The van der Waals surface area contributed by atoms with Crippen LogP contribution >= 0.6 is 0 Å². The lowest BCUT2D eigenvalue weighted by atomic mass is 9.91. The average molecular weight is 208 g/mol. The van der Waals surface area contributed by atoms with E-state index in [4.69, 9.17) is 10.5 Å². The number of hydrogen-bond donors (Lipinski definition) is 2. The Morgan fingerprint density at radius 1 is 1.60 bits per heavy atom. The van der Waals surface area contributed by atoms with Crippen LogP contribution in [0.2, 0.25) is 0 Å². The van der Waals surface area contributed by atoms with Crippen LogP contribution in [0.3, 0.4) is 0 Å². The second kappa shape index (κ2) is 4.59. The molecule has 4 nitrogen and oxygen atoms in total. The Hall–Kier alpha value is -1.13. The van der Waals surface area contributed by atoms with Gasteiger partial charge in [-0.25, -0.2) is 0 Å². The fourth-order valence-corrected chi connectivity index (χ4v) is 1.93. The number of rotatable bonds is 2. The predicted octanol–water partition coefficient (Wildman–Crippen LogP) is 1.12. The molecular weight excluding hydrogens is 192 g/mol. The number of nitrogens with zero attached hydrogens (tertiary/aromatic N) is 1. The second-order valence-electron chi connectivity index (χ2n) is 3.93. The van der Waals surface area contributed by atoms with Crippen LogP contribution in [-0.4, -0.2) is 23.3 Å². The summed E-state index contributed by atoms with van der Waals surface area (Å²) in [5.74, 6) is 0.144. The van der Waals surface area contributed by atoms with E-state index < -0.39 is 6.10 Å². The van der Waals surface area contributed by atoms with Crippen LogP contribution in [-0.2, 0) is 4.74 Å². The van der Waals surface area contributed by atoms with Crippen molar-refractivity contribution in [2.24, 2.45) is 5.92 Å². The summed E-state index contributed by atoms with van der Waals surface area (Å²) in [6, 6.07) is 1.71. The van der Waals surface area contributed by atoms with Gasteiger partial charge >= 0.3 is 0 Å². The van der Waals surface area contributed by atoms with Crippen LogP contribution in [0.25, 0.3) is 0 Å². The van der Waals surface area contributed by atoms with E-state index in [1.807, 2.05) is 0 Å². The number of nitrogens with two attached hydrogens (primary N) is 1. The van der Waals surface area contributed by atoms with E-state index in [2.05, 4.69) is 4.98 Å². The van der Waals surface area contributed by atoms with E-state index in [-0.39, 0.29) is 5.92 Å².